The molecule has 0 atom stereocenters. The summed E-state index contributed by atoms with van der Waals surface area (Å²) in [5.74, 6) is 2.27. The van der Waals surface area contributed by atoms with Crippen molar-refractivity contribution in [3.63, 3.8) is 0 Å². The minimum atomic E-state index is -0.191. The SMILES string of the molecule is Cc1ccc(CNC(=O)Cc2ccc(NC(=O)N3CCSc4ncccc43)cc2)o1. The van der Waals surface area contributed by atoms with Crippen LogP contribution in [-0.2, 0) is 17.8 Å². The van der Waals surface area contributed by atoms with E-state index in [1.165, 1.54) is 0 Å². The van der Waals surface area contributed by atoms with E-state index < -0.39 is 0 Å². The Morgan fingerprint density at radius 3 is 2.77 bits per heavy atom. The Morgan fingerprint density at radius 2 is 2.00 bits per heavy atom. The summed E-state index contributed by atoms with van der Waals surface area (Å²) in [4.78, 5) is 30.9. The summed E-state index contributed by atoms with van der Waals surface area (Å²) in [5, 5.41) is 6.63. The number of hydrogen-bond acceptors (Lipinski definition) is 5. The van der Waals surface area contributed by atoms with E-state index in [-0.39, 0.29) is 18.4 Å². The van der Waals surface area contributed by atoms with Crippen LogP contribution in [0.3, 0.4) is 0 Å². The summed E-state index contributed by atoms with van der Waals surface area (Å²) in [6.45, 7) is 2.86. The zero-order valence-electron chi connectivity index (χ0n) is 16.6. The maximum absolute atomic E-state index is 12.7. The number of carbonyl (C=O) groups excluding carboxylic acids is 2. The Morgan fingerprint density at radius 1 is 1.17 bits per heavy atom. The van der Waals surface area contributed by atoms with Crippen molar-refractivity contribution >= 4 is 35.1 Å². The van der Waals surface area contributed by atoms with E-state index in [0.29, 0.717) is 18.8 Å². The first-order valence-electron chi connectivity index (χ1n) is 9.66. The fraction of sp³-hybridized carbons (Fsp3) is 0.227. The van der Waals surface area contributed by atoms with E-state index in [2.05, 4.69) is 15.6 Å². The van der Waals surface area contributed by atoms with Crippen LogP contribution in [0.4, 0.5) is 16.2 Å². The Hall–Kier alpha value is -3.26. The van der Waals surface area contributed by atoms with E-state index in [1.807, 2.05) is 43.3 Å². The van der Waals surface area contributed by atoms with Gasteiger partial charge in [0.15, 0.2) is 0 Å². The summed E-state index contributed by atoms with van der Waals surface area (Å²) in [6, 6.07) is 14.6. The number of nitrogens with one attached hydrogen (secondary N) is 2. The third-order valence-corrected chi connectivity index (χ3v) is 5.64. The number of furan rings is 1. The summed E-state index contributed by atoms with van der Waals surface area (Å²) in [6.07, 6.45) is 1.99. The molecule has 1 aromatic carbocycles. The van der Waals surface area contributed by atoms with Crippen molar-refractivity contribution in [2.45, 2.75) is 24.9 Å². The van der Waals surface area contributed by atoms with Crippen molar-refractivity contribution < 1.29 is 14.0 Å². The standard InChI is InChI=1S/C22H22N4O3S/c1-15-4-9-18(29-15)14-24-20(27)13-16-5-7-17(8-6-16)25-22(28)26-11-12-30-21-19(26)3-2-10-23-21/h2-10H,11-14H2,1H3,(H,24,27)(H,25,28). The number of aromatic nitrogens is 1. The Balaban J connectivity index is 1.31. The number of pyridine rings is 1. The molecule has 3 aromatic rings. The number of aryl methyl sites for hydroxylation is 1. The minimum Gasteiger partial charge on any atom is -0.465 e. The van der Waals surface area contributed by atoms with E-state index in [1.54, 1.807) is 35.0 Å². The monoisotopic (exact) mass is 422 g/mol. The van der Waals surface area contributed by atoms with Gasteiger partial charge >= 0.3 is 6.03 Å². The first-order valence-corrected chi connectivity index (χ1v) is 10.6. The van der Waals surface area contributed by atoms with Crippen molar-refractivity contribution in [2.24, 2.45) is 0 Å². The average molecular weight is 423 g/mol. The normalized spacial score (nSPS) is 12.9. The van der Waals surface area contributed by atoms with Crippen molar-refractivity contribution in [2.75, 3.05) is 22.5 Å². The van der Waals surface area contributed by atoms with E-state index in [4.69, 9.17) is 4.42 Å². The number of urea groups is 1. The molecule has 154 valence electrons. The second-order valence-electron chi connectivity index (χ2n) is 6.92. The molecule has 7 nitrogen and oxygen atoms in total. The molecule has 0 saturated heterocycles. The Labute approximate surface area is 178 Å². The predicted octanol–water partition coefficient (Wildman–Crippen LogP) is 3.99. The van der Waals surface area contributed by atoms with Crippen LogP contribution < -0.4 is 15.5 Å². The number of hydrogen-bond donors (Lipinski definition) is 2. The summed E-state index contributed by atoms with van der Waals surface area (Å²) in [5.41, 5.74) is 2.37. The highest BCUT2D eigenvalue weighted by Gasteiger charge is 2.23. The van der Waals surface area contributed by atoms with Gasteiger partial charge in [0.2, 0.25) is 5.91 Å². The van der Waals surface area contributed by atoms with Crippen LogP contribution in [0.15, 0.2) is 64.2 Å². The van der Waals surface area contributed by atoms with Gasteiger partial charge in [-0.1, -0.05) is 12.1 Å². The molecule has 0 spiro atoms. The lowest BCUT2D eigenvalue weighted by molar-refractivity contribution is -0.120. The van der Waals surface area contributed by atoms with Gasteiger partial charge in [-0.05, 0) is 48.9 Å². The van der Waals surface area contributed by atoms with Gasteiger partial charge in [-0.3, -0.25) is 9.69 Å². The van der Waals surface area contributed by atoms with Gasteiger partial charge in [0.05, 0.1) is 18.7 Å². The summed E-state index contributed by atoms with van der Waals surface area (Å²) < 4.78 is 5.44. The highest BCUT2D eigenvalue weighted by Crippen LogP contribution is 2.32. The molecule has 3 amide bonds. The number of fused-ring (bicyclic) bond motifs is 1. The second-order valence-corrected chi connectivity index (χ2v) is 8.00. The molecule has 8 heteroatoms. The van der Waals surface area contributed by atoms with Crippen LogP contribution in [0.1, 0.15) is 17.1 Å². The lowest BCUT2D eigenvalue weighted by Gasteiger charge is -2.28. The minimum absolute atomic E-state index is 0.0873. The molecule has 0 saturated carbocycles. The first kappa shape index (κ1) is 20.0. The molecule has 1 aliphatic rings. The maximum Gasteiger partial charge on any atom is 0.326 e. The molecule has 1 aliphatic heterocycles. The zero-order chi connectivity index (χ0) is 20.9. The van der Waals surface area contributed by atoms with Crippen LogP contribution in [0.5, 0.6) is 0 Å². The highest BCUT2D eigenvalue weighted by molar-refractivity contribution is 7.99. The zero-order valence-corrected chi connectivity index (χ0v) is 17.4. The van der Waals surface area contributed by atoms with E-state index in [9.17, 15) is 9.59 Å². The lowest BCUT2D eigenvalue weighted by atomic mass is 10.1. The number of rotatable bonds is 5. The molecule has 2 aromatic heterocycles. The largest absolute Gasteiger partial charge is 0.465 e. The fourth-order valence-electron chi connectivity index (χ4n) is 3.17. The molecule has 30 heavy (non-hydrogen) atoms. The van der Waals surface area contributed by atoms with Gasteiger partial charge in [-0.25, -0.2) is 9.78 Å². The third kappa shape index (κ3) is 4.83. The predicted molar refractivity (Wildman–Crippen MR) is 117 cm³/mol. The molecule has 0 radical (unpaired) electrons. The summed E-state index contributed by atoms with van der Waals surface area (Å²) in [7, 11) is 0. The van der Waals surface area contributed by atoms with E-state index >= 15 is 0 Å². The smallest absolute Gasteiger partial charge is 0.326 e. The molecule has 4 rings (SSSR count). The molecular formula is C22H22N4O3S. The maximum atomic E-state index is 12.7. The molecule has 0 aliphatic carbocycles. The third-order valence-electron chi connectivity index (χ3n) is 4.67. The molecule has 0 fully saturated rings. The van der Waals surface area contributed by atoms with Crippen LogP contribution in [0.2, 0.25) is 0 Å². The number of anilines is 2. The van der Waals surface area contributed by atoms with Gasteiger partial charge in [-0.2, -0.15) is 0 Å². The second kappa shape index (κ2) is 9.04. The van der Waals surface area contributed by atoms with Crippen LogP contribution in [-0.4, -0.2) is 29.2 Å². The Bertz CT molecular complexity index is 1050. The quantitative estimate of drug-likeness (QED) is 0.649. The number of benzene rings is 1. The number of carbonyl (C=O) groups is 2. The molecular weight excluding hydrogens is 400 g/mol. The molecule has 0 unspecified atom stereocenters. The van der Waals surface area contributed by atoms with E-state index in [0.717, 1.165) is 33.6 Å². The number of nitrogens with zero attached hydrogens (tertiary/aromatic N) is 2. The molecule has 0 bridgehead atoms. The van der Waals surface area contributed by atoms with Crippen LogP contribution >= 0.6 is 11.8 Å². The molecule has 3 heterocycles. The van der Waals surface area contributed by atoms with Gasteiger partial charge in [0.25, 0.3) is 0 Å². The van der Waals surface area contributed by atoms with Gasteiger partial charge < -0.3 is 15.1 Å². The van der Waals surface area contributed by atoms with Crippen molar-refractivity contribution in [1.82, 2.24) is 10.3 Å². The summed E-state index contributed by atoms with van der Waals surface area (Å²) >= 11 is 1.65. The molecule has 2 N–H and O–H groups in total. The van der Waals surface area contributed by atoms with Gasteiger partial charge in [0, 0.05) is 24.2 Å². The highest BCUT2D eigenvalue weighted by atomic mass is 32.2. The van der Waals surface area contributed by atoms with Crippen LogP contribution in [0, 0.1) is 6.92 Å². The topological polar surface area (TPSA) is 87.5 Å². The van der Waals surface area contributed by atoms with Crippen molar-refractivity contribution in [3.8, 4) is 0 Å². The fourth-order valence-corrected chi connectivity index (χ4v) is 4.10. The van der Waals surface area contributed by atoms with Crippen molar-refractivity contribution in [1.29, 1.82) is 0 Å². The number of thioether (sulfide) groups is 1. The lowest BCUT2D eigenvalue weighted by Crippen LogP contribution is -2.38. The van der Waals surface area contributed by atoms with Crippen LogP contribution in [0.25, 0.3) is 0 Å². The Kier molecular flexibility index (Phi) is 6.04. The van der Waals surface area contributed by atoms with Gasteiger partial charge in [-0.15, -0.1) is 11.8 Å². The first-order chi connectivity index (χ1) is 14.6. The average Bonchev–Trinajstić information content (AvgIpc) is 3.18. The number of amides is 3. The van der Waals surface area contributed by atoms with Gasteiger partial charge in [0.1, 0.15) is 16.5 Å². The van der Waals surface area contributed by atoms with Crippen molar-refractivity contribution in [3.05, 3.63) is 71.8 Å².